The lowest BCUT2D eigenvalue weighted by Gasteiger charge is -2.12. The fourth-order valence-corrected chi connectivity index (χ4v) is 3.58. The molecule has 0 atom stereocenters. The largest absolute Gasteiger partial charge is 0.385 e. The monoisotopic (exact) mass is 320 g/mol. The third-order valence-electron chi connectivity index (χ3n) is 2.89. The van der Waals surface area contributed by atoms with Crippen molar-refractivity contribution in [1.82, 2.24) is 4.72 Å². The van der Waals surface area contributed by atoms with E-state index in [1.165, 1.54) is 21.0 Å². The molecule has 0 unspecified atom stereocenters. The molecule has 1 aromatic rings. The van der Waals surface area contributed by atoms with Gasteiger partial charge in [0.1, 0.15) is 0 Å². The Labute approximate surface area is 122 Å². The van der Waals surface area contributed by atoms with E-state index < -0.39 is 26.5 Å². The lowest BCUT2D eigenvalue weighted by molar-refractivity contribution is -0.388. The topological polar surface area (TPSA) is 98.5 Å². The minimum absolute atomic E-state index is 0.120. The number of nitrogens with zero attached hydrogens (tertiary/aromatic N) is 1. The predicted octanol–water partition coefficient (Wildman–Crippen LogP) is 1.67. The Morgan fingerprint density at radius 3 is 2.57 bits per heavy atom. The molecule has 21 heavy (non-hydrogen) atoms. The SMILES string of the molecule is COCCCNS(=O)(=O)c1c(C)cc(F)c([N+](=O)[O-])c1C. The molecule has 0 aliphatic carbocycles. The highest BCUT2D eigenvalue weighted by atomic mass is 32.2. The van der Waals surface area contributed by atoms with Crippen LogP contribution in [0.2, 0.25) is 0 Å². The minimum Gasteiger partial charge on any atom is -0.385 e. The summed E-state index contributed by atoms with van der Waals surface area (Å²) in [7, 11) is -2.46. The molecule has 0 spiro atoms. The van der Waals surface area contributed by atoms with Crippen molar-refractivity contribution in [2.24, 2.45) is 0 Å². The normalized spacial score (nSPS) is 11.6. The zero-order valence-corrected chi connectivity index (χ0v) is 12.8. The van der Waals surface area contributed by atoms with E-state index in [4.69, 9.17) is 4.74 Å². The van der Waals surface area contributed by atoms with Crippen molar-refractivity contribution < 1.29 is 22.5 Å². The number of rotatable bonds is 7. The number of halogens is 1. The van der Waals surface area contributed by atoms with E-state index >= 15 is 0 Å². The van der Waals surface area contributed by atoms with Crippen LogP contribution in [-0.2, 0) is 14.8 Å². The number of benzene rings is 1. The first kappa shape index (κ1) is 17.5. The van der Waals surface area contributed by atoms with Crippen LogP contribution in [0.15, 0.2) is 11.0 Å². The zero-order valence-electron chi connectivity index (χ0n) is 12.0. The molecule has 1 rings (SSSR count). The summed E-state index contributed by atoms with van der Waals surface area (Å²) in [5, 5.41) is 10.9. The summed E-state index contributed by atoms with van der Waals surface area (Å²) in [5.41, 5.74) is -0.913. The number of nitro groups is 1. The van der Waals surface area contributed by atoms with Crippen molar-refractivity contribution in [3.05, 3.63) is 33.1 Å². The molecular formula is C12H17FN2O5S. The Kier molecular flexibility index (Phi) is 5.76. The summed E-state index contributed by atoms with van der Waals surface area (Å²) in [4.78, 5) is 9.69. The highest BCUT2D eigenvalue weighted by Crippen LogP contribution is 2.30. The highest BCUT2D eigenvalue weighted by Gasteiger charge is 2.28. The summed E-state index contributed by atoms with van der Waals surface area (Å²) in [6.07, 6.45) is 0.455. The highest BCUT2D eigenvalue weighted by molar-refractivity contribution is 7.89. The predicted molar refractivity (Wildman–Crippen MR) is 74.2 cm³/mol. The van der Waals surface area contributed by atoms with Gasteiger partial charge in [-0.2, -0.15) is 4.39 Å². The molecule has 0 aromatic heterocycles. The lowest BCUT2D eigenvalue weighted by atomic mass is 10.1. The average molecular weight is 320 g/mol. The van der Waals surface area contributed by atoms with E-state index in [2.05, 4.69) is 4.72 Å². The van der Waals surface area contributed by atoms with Crippen LogP contribution in [0.3, 0.4) is 0 Å². The Bertz CT molecular complexity index is 646. The Balaban J connectivity index is 3.23. The second kappa shape index (κ2) is 6.92. The molecule has 0 radical (unpaired) electrons. The number of methoxy groups -OCH3 is 1. The molecule has 1 aromatic carbocycles. The Morgan fingerprint density at radius 1 is 1.43 bits per heavy atom. The number of nitrogens with one attached hydrogen (secondary N) is 1. The first-order valence-corrected chi connectivity index (χ1v) is 7.63. The van der Waals surface area contributed by atoms with E-state index in [9.17, 15) is 22.9 Å². The van der Waals surface area contributed by atoms with Crippen LogP contribution in [0, 0.1) is 29.8 Å². The number of aryl methyl sites for hydroxylation is 1. The number of hydrogen-bond acceptors (Lipinski definition) is 5. The van der Waals surface area contributed by atoms with E-state index in [-0.39, 0.29) is 22.6 Å². The van der Waals surface area contributed by atoms with Crippen molar-refractivity contribution >= 4 is 15.7 Å². The van der Waals surface area contributed by atoms with Crippen LogP contribution in [0.1, 0.15) is 17.5 Å². The summed E-state index contributed by atoms with van der Waals surface area (Å²) in [5.74, 6) is -1.05. The van der Waals surface area contributed by atoms with Crippen molar-refractivity contribution in [2.45, 2.75) is 25.2 Å². The molecule has 9 heteroatoms. The van der Waals surface area contributed by atoms with E-state index in [0.717, 1.165) is 6.07 Å². The van der Waals surface area contributed by atoms with Gasteiger partial charge in [0, 0.05) is 20.3 Å². The van der Waals surface area contributed by atoms with Gasteiger partial charge < -0.3 is 4.74 Å². The second-order valence-corrected chi connectivity index (χ2v) is 6.18. The van der Waals surface area contributed by atoms with Gasteiger partial charge in [-0.1, -0.05) is 0 Å². The first-order valence-electron chi connectivity index (χ1n) is 6.15. The van der Waals surface area contributed by atoms with Gasteiger partial charge in [-0.05, 0) is 31.9 Å². The smallest absolute Gasteiger partial charge is 0.309 e. The van der Waals surface area contributed by atoms with Crippen LogP contribution < -0.4 is 4.72 Å². The van der Waals surface area contributed by atoms with Gasteiger partial charge in [-0.3, -0.25) is 10.1 Å². The fourth-order valence-electron chi connectivity index (χ4n) is 2.04. The van der Waals surface area contributed by atoms with Gasteiger partial charge in [-0.15, -0.1) is 0 Å². The standard InChI is InChI=1S/C12H17FN2O5S/c1-8-7-10(13)11(15(16)17)9(2)12(8)21(18,19)14-5-4-6-20-3/h7,14H,4-6H2,1-3H3. The van der Waals surface area contributed by atoms with Crippen LogP contribution in [0.5, 0.6) is 0 Å². The number of sulfonamides is 1. The lowest BCUT2D eigenvalue weighted by Crippen LogP contribution is -2.27. The third-order valence-corrected chi connectivity index (χ3v) is 4.64. The quantitative estimate of drug-likeness (QED) is 0.468. The van der Waals surface area contributed by atoms with Crippen molar-refractivity contribution in [2.75, 3.05) is 20.3 Å². The molecule has 0 fully saturated rings. The number of ether oxygens (including phenoxy) is 1. The second-order valence-electron chi connectivity index (χ2n) is 4.48. The maximum Gasteiger partial charge on any atom is 0.309 e. The van der Waals surface area contributed by atoms with Crippen LogP contribution in [0.25, 0.3) is 0 Å². The maximum atomic E-state index is 13.6. The molecule has 0 aliphatic rings. The maximum absolute atomic E-state index is 13.6. The molecule has 7 nitrogen and oxygen atoms in total. The minimum atomic E-state index is -3.95. The summed E-state index contributed by atoms with van der Waals surface area (Å²) in [6.45, 7) is 3.12. The van der Waals surface area contributed by atoms with E-state index in [1.54, 1.807) is 0 Å². The third kappa shape index (κ3) is 3.96. The molecule has 118 valence electrons. The summed E-state index contributed by atoms with van der Waals surface area (Å²) in [6, 6.07) is 0.856. The van der Waals surface area contributed by atoms with Gasteiger partial charge in [-0.25, -0.2) is 13.1 Å². The van der Waals surface area contributed by atoms with E-state index in [0.29, 0.717) is 13.0 Å². The molecule has 0 aliphatic heterocycles. The Hall–Kier alpha value is -1.58. The molecule has 0 heterocycles. The molecule has 0 saturated carbocycles. The van der Waals surface area contributed by atoms with Gasteiger partial charge in [0.05, 0.1) is 15.4 Å². The number of nitro benzene ring substituents is 1. The van der Waals surface area contributed by atoms with Gasteiger partial charge >= 0.3 is 5.69 Å². The molecular weight excluding hydrogens is 303 g/mol. The fraction of sp³-hybridized carbons (Fsp3) is 0.500. The zero-order chi connectivity index (χ0) is 16.2. The van der Waals surface area contributed by atoms with Crippen LogP contribution >= 0.6 is 0 Å². The summed E-state index contributed by atoms with van der Waals surface area (Å²) < 4.78 is 45.2. The van der Waals surface area contributed by atoms with Crippen molar-refractivity contribution in [3.63, 3.8) is 0 Å². The number of hydrogen-bond donors (Lipinski definition) is 1. The average Bonchev–Trinajstić information content (AvgIpc) is 2.32. The molecule has 1 N–H and O–H groups in total. The van der Waals surface area contributed by atoms with E-state index in [1.807, 2.05) is 0 Å². The van der Waals surface area contributed by atoms with Gasteiger partial charge in [0.15, 0.2) is 0 Å². The van der Waals surface area contributed by atoms with Crippen LogP contribution in [-0.4, -0.2) is 33.6 Å². The molecule has 0 saturated heterocycles. The molecule has 0 amide bonds. The van der Waals surface area contributed by atoms with Crippen molar-refractivity contribution in [3.8, 4) is 0 Å². The molecule has 0 bridgehead atoms. The summed E-state index contributed by atoms with van der Waals surface area (Å²) >= 11 is 0. The van der Waals surface area contributed by atoms with Crippen molar-refractivity contribution in [1.29, 1.82) is 0 Å². The Morgan fingerprint density at radius 2 is 2.05 bits per heavy atom. The van der Waals surface area contributed by atoms with Gasteiger partial charge in [0.2, 0.25) is 15.8 Å². The van der Waals surface area contributed by atoms with Crippen LogP contribution in [0.4, 0.5) is 10.1 Å². The first-order chi connectivity index (χ1) is 9.72. The van der Waals surface area contributed by atoms with Gasteiger partial charge in [0.25, 0.3) is 0 Å².